The number of rotatable bonds is 2. The Balaban J connectivity index is 2.86. The van der Waals surface area contributed by atoms with E-state index in [4.69, 9.17) is 0 Å². The van der Waals surface area contributed by atoms with E-state index in [1.807, 2.05) is 12.1 Å². The average molecular weight is 215 g/mol. The zero-order chi connectivity index (χ0) is 11.9. The standard InChI is InChI=1S/C14H17NO/c1-9(2)15-13-7-5-6-10(3)12(13)8-14(15)11(4)16/h5-9H,1-4H3. The highest BCUT2D eigenvalue weighted by atomic mass is 16.1. The molecule has 0 atom stereocenters. The summed E-state index contributed by atoms with van der Waals surface area (Å²) in [4.78, 5) is 11.6. The maximum Gasteiger partial charge on any atom is 0.176 e. The minimum atomic E-state index is 0.129. The van der Waals surface area contributed by atoms with Gasteiger partial charge >= 0.3 is 0 Å². The van der Waals surface area contributed by atoms with Crippen molar-refractivity contribution in [3.63, 3.8) is 0 Å². The monoisotopic (exact) mass is 215 g/mol. The van der Waals surface area contributed by atoms with E-state index in [0.29, 0.717) is 6.04 Å². The molecule has 1 aromatic carbocycles. The van der Waals surface area contributed by atoms with Gasteiger partial charge in [0.05, 0.1) is 5.69 Å². The van der Waals surface area contributed by atoms with Crippen molar-refractivity contribution in [1.29, 1.82) is 0 Å². The molecule has 1 heterocycles. The number of aryl methyl sites for hydroxylation is 1. The molecule has 0 aliphatic carbocycles. The Hall–Kier alpha value is -1.57. The maximum atomic E-state index is 11.6. The summed E-state index contributed by atoms with van der Waals surface area (Å²) in [5.41, 5.74) is 3.18. The molecular formula is C14H17NO. The first kappa shape index (κ1) is 10.9. The first-order valence-electron chi connectivity index (χ1n) is 5.64. The van der Waals surface area contributed by atoms with Crippen LogP contribution in [0.3, 0.4) is 0 Å². The third kappa shape index (κ3) is 1.54. The van der Waals surface area contributed by atoms with Gasteiger partial charge in [-0.2, -0.15) is 0 Å². The van der Waals surface area contributed by atoms with Gasteiger partial charge in [-0.25, -0.2) is 0 Å². The fraction of sp³-hybridized carbons (Fsp3) is 0.357. The van der Waals surface area contributed by atoms with E-state index in [1.54, 1.807) is 6.92 Å². The highest BCUT2D eigenvalue weighted by molar-refractivity contribution is 5.99. The molecule has 0 saturated carbocycles. The van der Waals surface area contributed by atoms with Gasteiger partial charge in [0.15, 0.2) is 5.78 Å². The molecule has 0 unspecified atom stereocenters. The largest absolute Gasteiger partial charge is 0.336 e. The van der Waals surface area contributed by atoms with Crippen LogP contribution >= 0.6 is 0 Å². The molecule has 0 aliphatic rings. The lowest BCUT2D eigenvalue weighted by molar-refractivity contribution is 0.100. The molecule has 0 saturated heterocycles. The number of benzene rings is 1. The second kappa shape index (κ2) is 3.78. The first-order chi connectivity index (χ1) is 7.52. The van der Waals surface area contributed by atoms with Crippen molar-refractivity contribution in [2.75, 3.05) is 0 Å². The molecular weight excluding hydrogens is 198 g/mol. The Kier molecular flexibility index (Phi) is 2.58. The Morgan fingerprint density at radius 1 is 1.31 bits per heavy atom. The Labute approximate surface area is 95.9 Å². The average Bonchev–Trinajstić information content (AvgIpc) is 2.58. The van der Waals surface area contributed by atoms with Crippen molar-refractivity contribution in [2.45, 2.75) is 33.7 Å². The van der Waals surface area contributed by atoms with Gasteiger partial charge in [0.25, 0.3) is 0 Å². The van der Waals surface area contributed by atoms with Crippen LogP contribution < -0.4 is 0 Å². The van der Waals surface area contributed by atoms with E-state index in [9.17, 15) is 4.79 Å². The van der Waals surface area contributed by atoms with Crippen molar-refractivity contribution in [3.05, 3.63) is 35.5 Å². The summed E-state index contributed by atoms with van der Waals surface area (Å²) in [6.07, 6.45) is 0. The van der Waals surface area contributed by atoms with E-state index in [0.717, 1.165) is 11.2 Å². The van der Waals surface area contributed by atoms with Crippen molar-refractivity contribution >= 4 is 16.7 Å². The summed E-state index contributed by atoms with van der Waals surface area (Å²) < 4.78 is 2.12. The molecule has 2 rings (SSSR count). The minimum absolute atomic E-state index is 0.129. The number of Topliss-reactive ketones (excluding diaryl/α,β-unsaturated/α-hetero) is 1. The third-order valence-electron chi connectivity index (χ3n) is 2.98. The molecule has 0 aliphatic heterocycles. The molecule has 0 fully saturated rings. The van der Waals surface area contributed by atoms with Crippen molar-refractivity contribution in [3.8, 4) is 0 Å². The quantitative estimate of drug-likeness (QED) is 0.699. The zero-order valence-electron chi connectivity index (χ0n) is 10.2. The third-order valence-corrected chi connectivity index (χ3v) is 2.98. The van der Waals surface area contributed by atoms with E-state index >= 15 is 0 Å². The zero-order valence-corrected chi connectivity index (χ0v) is 10.2. The van der Waals surface area contributed by atoms with Crippen LogP contribution in [-0.2, 0) is 0 Å². The summed E-state index contributed by atoms with van der Waals surface area (Å²) in [6.45, 7) is 7.92. The van der Waals surface area contributed by atoms with Gasteiger partial charge in [0.2, 0.25) is 0 Å². The minimum Gasteiger partial charge on any atom is -0.336 e. The Bertz CT molecular complexity index is 549. The van der Waals surface area contributed by atoms with Crippen LogP contribution in [0.2, 0.25) is 0 Å². The second-order valence-corrected chi connectivity index (χ2v) is 4.56. The van der Waals surface area contributed by atoms with Crippen LogP contribution in [0.25, 0.3) is 10.9 Å². The van der Waals surface area contributed by atoms with E-state index in [1.165, 1.54) is 10.9 Å². The molecule has 2 heteroatoms. The highest BCUT2D eigenvalue weighted by Gasteiger charge is 2.14. The Morgan fingerprint density at radius 3 is 2.56 bits per heavy atom. The summed E-state index contributed by atoms with van der Waals surface area (Å²) in [5, 5.41) is 1.18. The van der Waals surface area contributed by atoms with Crippen LogP contribution in [0.15, 0.2) is 24.3 Å². The molecule has 0 bridgehead atoms. The van der Waals surface area contributed by atoms with Gasteiger partial charge < -0.3 is 4.57 Å². The van der Waals surface area contributed by atoms with Crippen LogP contribution in [0.4, 0.5) is 0 Å². The lowest BCUT2D eigenvalue weighted by Gasteiger charge is -2.13. The molecule has 1 aromatic heterocycles. The molecule has 84 valence electrons. The molecule has 0 amide bonds. The summed E-state index contributed by atoms with van der Waals surface area (Å²) in [5.74, 6) is 0.129. The SMILES string of the molecule is CC(=O)c1cc2c(C)cccc2n1C(C)C. The summed E-state index contributed by atoms with van der Waals surface area (Å²) >= 11 is 0. The van der Waals surface area contributed by atoms with Crippen molar-refractivity contribution < 1.29 is 4.79 Å². The van der Waals surface area contributed by atoms with E-state index < -0.39 is 0 Å². The molecule has 0 radical (unpaired) electrons. The molecule has 0 spiro atoms. The number of carbonyl (C=O) groups is 1. The van der Waals surface area contributed by atoms with Crippen LogP contribution in [0.5, 0.6) is 0 Å². The van der Waals surface area contributed by atoms with Gasteiger partial charge in [-0.3, -0.25) is 4.79 Å². The Morgan fingerprint density at radius 2 is 2.00 bits per heavy atom. The number of fused-ring (bicyclic) bond motifs is 1. The first-order valence-corrected chi connectivity index (χ1v) is 5.64. The molecule has 0 N–H and O–H groups in total. The highest BCUT2D eigenvalue weighted by Crippen LogP contribution is 2.26. The molecule has 2 aromatic rings. The van der Waals surface area contributed by atoms with Crippen LogP contribution in [0.1, 0.15) is 42.9 Å². The second-order valence-electron chi connectivity index (χ2n) is 4.56. The number of carbonyl (C=O) groups excluding carboxylic acids is 1. The number of aromatic nitrogens is 1. The number of hydrogen-bond donors (Lipinski definition) is 0. The molecule has 16 heavy (non-hydrogen) atoms. The van der Waals surface area contributed by atoms with Gasteiger partial charge in [0, 0.05) is 23.9 Å². The van der Waals surface area contributed by atoms with Crippen molar-refractivity contribution in [1.82, 2.24) is 4.57 Å². The van der Waals surface area contributed by atoms with Gasteiger partial charge in [-0.15, -0.1) is 0 Å². The van der Waals surface area contributed by atoms with Gasteiger partial charge in [0.1, 0.15) is 0 Å². The fourth-order valence-electron chi connectivity index (χ4n) is 2.23. The predicted molar refractivity (Wildman–Crippen MR) is 67.1 cm³/mol. The maximum absolute atomic E-state index is 11.6. The smallest absolute Gasteiger partial charge is 0.176 e. The lowest BCUT2D eigenvalue weighted by Crippen LogP contribution is -2.08. The van der Waals surface area contributed by atoms with E-state index in [-0.39, 0.29) is 5.78 Å². The van der Waals surface area contributed by atoms with Crippen LogP contribution in [-0.4, -0.2) is 10.4 Å². The van der Waals surface area contributed by atoms with Gasteiger partial charge in [-0.1, -0.05) is 12.1 Å². The van der Waals surface area contributed by atoms with Gasteiger partial charge in [-0.05, 0) is 38.5 Å². The van der Waals surface area contributed by atoms with E-state index in [2.05, 4.69) is 37.5 Å². The fourth-order valence-corrected chi connectivity index (χ4v) is 2.23. The summed E-state index contributed by atoms with van der Waals surface area (Å²) in [6, 6.07) is 8.51. The number of ketones is 1. The topological polar surface area (TPSA) is 22.0 Å². The normalized spacial score (nSPS) is 11.3. The number of hydrogen-bond acceptors (Lipinski definition) is 1. The number of nitrogens with zero attached hydrogens (tertiary/aromatic N) is 1. The summed E-state index contributed by atoms with van der Waals surface area (Å²) in [7, 11) is 0. The predicted octanol–water partition coefficient (Wildman–Crippen LogP) is 3.73. The van der Waals surface area contributed by atoms with Crippen molar-refractivity contribution in [2.24, 2.45) is 0 Å². The van der Waals surface area contributed by atoms with Crippen LogP contribution in [0, 0.1) is 6.92 Å². The molecule has 2 nitrogen and oxygen atoms in total. The lowest BCUT2D eigenvalue weighted by atomic mass is 10.1.